The Morgan fingerprint density at radius 1 is 1.30 bits per heavy atom. The van der Waals surface area contributed by atoms with Gasteiger partial charge in [0.2, 0.25) is 0 Å². The van der Waals surface area contributed by atoms with E-state index < -0.39 is 0 Å². The van der Waals surface area contributed by atoms with Gasteiger partial charge in [0, 0.05) is 24.5 Å². The van der Waals surface area contributed by atoms with Gasteiger partial charge in [0.25, 0.3) is 5.56 Å². The van der Waals surface area contributed by atoms with Gasteiger partial charge in [0.05, 0.1) is 5.39 Å². The zero-order valence-corrected chi connectivity index (χ0v) is 12.6. The second kappa shape index (κ2) is 6.05. The Morgan fingerprint density at radius 3 is 2.55 bits per heavy atom. The van der Waals surface area contributed by atoms with Crippen molar-refractivity contribution < 1.29 is 0 Å². The van der Waals surface area contributed by atoms with Crippen molar-refractivity contribution >= 4 is 16.6 Å². The van der Waals surface area contributed by atoms with Crippen molar-refractivity contribution in [3.05, 3.63) is 34.6 Å². The Balaban J connectivity index is 2.47. The monoisotopic (exact) mass is 274 g/mol. The molecule has 108 valence electrons. The van der Waals surface area contributed by atoms with Crippen LogP contribution in [0.3, 0.4) is 0 Å². The van der Waals surface area contributed by atoms with E-state index in [1.165, 1.54) is 4.68 Å². The number of likely N-dealkylation sites (N-methyl/N-ethyl adjacent to an activating group) is 1. The molecule has 0 bridgehead atoms. The average Bonchev–Trinajstić information content (AvgIpc) is 2.41. The molecule has 0 aliphatic heterocycles. The third kappa shape index (κ3) is 2.99. The summed E-state index contributed by atoms with van der Waals surface area (Å²) in [5.74, 6) is 0.774. The Kier molecular flexibility index (Phi) is 4.39. The van der Waals surface area contributed by atoms with E-state index in [4.69, 9.17) is 0 Å². The maximum atomic E-state index is 12.2. The number of aryl methyl sites for hydroxylation is 1. The van der Waals surface area contributed by atoms with Gasteiger partial charge in [-0.25, -0.2) is 4.68 Å². The van der Waals surface area contributed by atoms with Gasteiger partial charge >= 0.3 is 0 Å². The zero-order chi connectivity index (χ0) is 14.7. The molecule has 1 heterocycles. The molecule has 0 aliphatic carbocycles. The van der Waals surface area contributed by atoms with E-state index in [9.17, 15) is 4.79 Å². The van der Waals surface area contributed by atoms with Gasteiger partial charge in [0.1, 0.15) is 0 Å². The van der Waals surface area contributed by atoms with Crippen molar-refractivity contribution in [1.82, 2.24) is 14.7 Å². The predicted molar refractivity (Wildman–Crippen MR) is 83.3 cm³/mol. The fraction of sp³-hybridized carbons (Fsp3) is 0.467. The largest absolute Gasteiger partial charge is 0.364 e. The number of aromatic nitrogens is 2. The summed E-state index contributed by atoms with van der Waals surface area (Å²) in [6, 6.07) is 7.86. The van der Waals surface area contributed by atoms with Crippen LogP contribution in [0.4, 0.5) is 5.82 Å². The average molecular weight is 274 g/mol. The second-order valence-electron chi connectivity index (χ2n) is 5.32. The van der Waals surface area contributed by atoms with Crippen molar-refractivity contribution in [1.29, 1.82) is 0 Å². The van der Waals surface area contributed by atoms with E-state index in [0.29, 0.717) is 11.9 Å². The molecule has 1 N–H and O–H groups in total. The predicted octanol–water partition coefficient (Wildman–Crippen LogP) is 1.78. The van der Waals surface area contributed by atoms with Crippen LogP contribution in [0, 0.1) is 0 Å². The number of nitrogens with one attached hydrogen (secondary N) is 1. The standard InChI is InChI=1S/C15H22N4O/c1-5-19-15(20)13-9-7-6-8-12(13)14(17-19)16-11(2)10-18(3)4/h6-9,11H,5,10H2,1-4H3,(H,16,17). The topological polar surface area (TPSA) is 50.2 Å². The van der Waals surface area contributed by atoms with Gasteiger partial charge in [0.15, 0.2) is 5.82 Å². The Bertz CT molecular complexity index is 648. The SMILES string of the molecule is CCn1nc(NC(C)CN(C)C)c2ccccc2c1=O. The first-order valence-corrected chi connectivity index (χ1v) is 6.94. The maximum Gasteiger partial charge on any atom is 0.274 e. The summed E-state index contributed by atoms with van der Waals surface area (Å²) in [6.45, 7) is 5.51. The number of rotatable bonds is 5. The van der Waals surface area contributed by atoms with Gasteiger partial charge in [-0.2, -0.15) is 5.10 Å². The summed E-state index contributed by atoms with van der Waals surface area (Å²) >= 11 is 0. The lowest BCUT2D eigenvalue weighted by molar-refractivity contribution is 0.391. The molecule has 5 nitrogen and oxygen atoms in total. The molecule has 0 radical (unpaired) electrons. The molecule has 0 fully saturated rings. The summed E-state index contributed by atoms with van der Waals surface area (Å²) < 4.78 is 1.51. The summed E-state index contributed by atoms with van der Waals surface area (Å²) in [4.78, 5) is 14.4. The molecule has 0 amide bonds. The van der Waals surface area contributed by atoms with E-state index in [-0.39, 0.29) is 11.6 Å². The molecule has 0 aliphatic rings. The second-order valence-corrected chi connectivity index (χ2v) is 5.32. The molecule has 1 aromatic carbocycles. The highest BCUT2D eigenvalue weighted by molar-refractivity contribution is 5.90. The van der Waals surface area contributed by atoms with Crippen molar-refractivity contribution in [2.75, 3.05) is 26.0 Å². The van der Waals surface area contributed by atoms with Crippen LogP contribution >= 0.6 is 0 Å². The van der Waals surface area contributed by atoms with Crippen molar-refractivity contribution in [2.24, 2.45) is 0 Å². The Hall–Kier alpha value is -1.88. The van der Waals surface area contributed by atoms with Crippen LogP contribution in [0.15, 0.2) is 29.1 Å². The highest BCUT2D eigenvalue weighted by Gasteiger charge is 2.11. The molecule has 20 heavy (non-hydrogen) atoms. The highest BCUT2D eigenvalue weighted by Crippen LogP contribution is 2.18. The Morgan fingerprint density at radius 2 is 1.95 bits per heavy atom. The molecule has 5 heteroatoms. The number of anilines is 1. The smallest absolute Gasteiger partial charge is 0.274 e. The van der Waals surface area contributed by atoms with Crippen LogP contribution in [-0.4, -0.2) is 41.4 Å². The molecule has 0 saturated carbocycles. The van der Waals surface area contributed by atoms with Gasteiger partial charge in [-0.05, 0) is 34.0 Å². The van der Waals surface area contributed by atoms with E-state index in [0.717, 1.165) is 17.7 Å². The van der Waals surface area contributed by atoms with Crippen LogP contribution in [0.5, 0.6) is 0 Å². The third-order valence-corrected chi connectivity index (χ3v) is 3.19. The summed E-state index contributed by atoms with van der Waals surface area (Å²) in [7, 11) is 4.08. The first-order valence-electron chi connectivity index (χ1n) is 6.94. The highest BCUT2D eigenvalue weighted by atomic mass is 16.1. The quantitative estimate of drug-likeness (QED) is 0.903. The number of hydrogen-bond acceptors (Lipinski definition) is 4. The molecule has 2 rings (SSSR count). The van der Waals surface area contributed by atoms with Crippen LogP contribution < -0.4 is 10.9 Å². The normalized spacial score (nSPS) is 12.8. The minimum Gasteiger partial charge on any atom is -0.364 e. The van der Waals surface area contributed by atoms with Crippen LogP contribution in [-0.2, 0) is 6.54 Å². The molecule has 0 spiro atoms. The summed E-state index contributed by atoms with van der Waals surface area (Å²) in [5.41, 5.74) is -0.0334. The lowest BCUT2D eigenvalue weighted by Crippen LogP contribution is -2.31. The molecule has 1 unspecified atom stereocenters. The van der Waals surface area contributed by atoms with Crippen molar-refractivity contribution in [3.63, 3.8) is 0 Å². The fourth-order valence-electron chi connectivity index (χ4n) is 2.38. The molecular formula is C15H22N4O. The third-order valence-electron chi connectivity index (χ3n) is 3.19. The van der Waals surface area contributed by atoms with E-state index in [2.05, 4.69) is 22.2 Å². The maximum absolute atomic E-state index is 12.2. The van der Waals surface area contributed by atoms with E-state index in [1.807, 2.05) is 45.3 Å². The van der Waals surface area contributed by atoms with Crippen molar-refractivity contribution in [3.8, 4) is 0 Å². The Labute approximate surface area is 119 Å². The fourth-order valence-corrected chi connectivity index (χ4v) is 2.38. The molecule has 1 atom stereocenters. The minimum atomic E-state index is -0.0334. The first kappa shape index (κ1) is 14.5. The minimum absolute atomic E-state index is 0.0334. The first-order chi connectivity index (χ1) is 9.52. The van der Waals surface area contributed by atoms with Gasteiger partial charge in [-0.3, -0.25) is 4.79 Å². The molecule has 2 aromatic rings. The number of nitrogens with zero attached hydrogens (tertiary/aromatic N) is 3. The molecule has 1 aromatic heterocycles. The molecular weight excluding hydrogens is 252 g/mol. The van der Waals surface area contributed by atoms with Crippen LogP contribution in [0.25, 0.3) is 10.8 Å². The van der Waals surface area contributed by atoms with Crippen molar-refractivity contribution in [2.45, 2.75) is 26.4 Å². The van der Waals surface area contributed by atoms with E-state index in [1.54, 1.807) is 0 Å². The summed E-state index contributed by atoms with van der Waals surface area (Å²) in [5, 5.41) is 9.44. The van der Waals surface area contributed by atoms with E-state index >= 15 is 0 Å². The van der Waals surface area contributed by atoms with Crippen LogP contribution in [0.1, 0.15) is 13.8 Å². The van der Waals surface area contributed by atoms with Gasteiger partial charge in [-0.15, -0.1) is 0 Å². The number of benzene rings is 1. The lowest BCUT2D eigenvalue weighted by atomic mass is 10.2. The number of hydrogen-bond donors (Lipinski definition) is 1. The van der Waals surface area contributed by atoms with Gasteiger partial charge in [-0.1, -0.05) is 18.2 Å². The zero-order valence-electron chi connectivity index (χ0n) is 12.6. The van der Waals surface area contributed by atoms with Gasteiger partial charge < -0.3 is 10.2 Å². The lowest BCUT2D eigenvalue weighted by Gasteiger charge is -2.20. The summed E-state index contributed by atoms with van der Waals surface area (Å²) in [6.07, 6.45) is 0. The number of fused-ring (bicyclic) bond motifs is 1. The molecule has 0 saturated heterocycles. The van der Waals surface area contributed by atoms with Crippen LogP contribution in [0.2, 0.25) is 0 Å².